The van der Waals surface area contributed by atoms with Crippen molar-refractivity contribution in [2.45, 2.75) is 25.7 Å². The van der Waals surface area contributed by atoms with E-state index in [1.54, 1.807) is 18.3 Å². The highest BCUT2D eigenvalue weighted by Crippen LogP contribution is 2.23. The Kier molecular flexibility index (Phi) is 4.79. The molecule has 0 saturated carbocycles. The molecule has 0 aliphatic carbocycles. The van der Waals surface area contributed by atoms with Crippen molar-refractivity contribution in [1.82, 2.24) is 14.8 Å². The monoisotopic (exact) mass is 317 g/mol. The van der Waals surface area contributed by atoms with Gasteiger partial charge in [0.25, 0.3) is 5.91 Å². The van der Waals surface area contributed by atoms with Crippen molar-refractivity contribution in [2.24, 2.45) is 5.92 Å². The van der Waals surface area contributed by atoms with Crippen LogP contribution in [0.2, 0.25) is 0 Å². The van der Waals surface area contributed by atoms with Gasteiger partial charge in [-0.1, -0.05) is 0 Å². The topological polar surface area (TPSA) is 62.7 Å². The maximum Gasteiger partial charge on any atom is 0.254 e. The Morgan fingerprint density at radius 2 is 1.83 bits per heavy atom. The number of rotatable bonds is 3. The summed E-state index contributed by atoms with van der Waals surface area (Å²) >= 11 is 0. The van der Waals surface area contributed by atoms with Crippen LogP contribution in [0.15, 0.2) is 18.3 Å². The number of carbonyl (C=O) groups is 2. The normalized spacial score (nSPS) is 19.0. The molecule has 2 aliphatic heterocycles. The molecule has 1 aromatic rings. The summed E-state index contributed by atoms with van der Waals surface area (Å²) in [5.74, 6) is 0.775. The van der Waals surface area contributed by atoms with Crippen LogP contribution in [0.3, 0.4) is 0 Å². The first-order valence-corrected chi connectivity index (χ1v) is 8.27. The Morgan fingerprint density at radius 3 is 2.48 bits per heavy atom. The lowest BCUT2D eigenvalue weighted by Crippen LogP contribution is -2.43. The summed E-state index contributed by atoms with van der Waals surface area (Å²) < 4.78 is 5.07. The summed E-state index contributed by atoms with van der Waals surface area (Å²) in [5.41, 5.74) is 0.584. The maximum absolute atomic E-state index is 12.5. The predicted molar refractivity (Wildman–Crippen MR) is 85.2 cm³/mol. The third-order valence-corrected chi connectivity index (χ3v) is 4.74. The molecule has 6 nitrogen and oxygen atoms in total. The second-order valence-electron chi connectivity index (χ2n) is 6.19. The Hall–Kier alpha value is -2.11. The average Bonchev–Trinajstić information content (AvgIpc) is 3.15. The van der Waals surface area contributed by atoms with Gasteiger partial charge in [-0.3, -0.25) is 9.59 Å². The van der Waals surface area contributed by atoms with Gasteiger partial charge in [0, 0.05) is 49.9 Å². The average molecular weight is 317 g/mol. The fourth-order valence-electron chi connectivity index (χ4n) is 3.36. The van der Waals surface area contributed by atoms with E-state index < -0.39 is 0 Å². The molecule has 0 aromatic carbocycles. The highest BCUT2D eigenvalue weighted by atomic mass is 16.5. The highest BCUT2D eigenvalue weighted by Gasteiger charge is 2.31. The van der Waals surface area contributed by atoms with Gasteiger partial charge in [0.15, 0.2) is 0 Å². The van der Waals surface area contributed by atoms with Crippen LogP contribution in [0.5, 0.6) is 5.88 Å². The van der Waals surface area contributed by atoms with Gasteiger partial charge in [0.1, 0.15) is 0 Å². The van der Waals surface area contributed by atoms with E-state index in [1.807, 2.05) is 9.80 Å². The number of methoxy groups -OCH3 is 1. The minimum atomic E-state index is -0.0160. The molecule has 0 N–H and O–H groups in total. The molecule has 3 heterocycles. The number of carbonyl (C=O) groups excluding carboxylic acids is 2. The molecule has 2 fully saturated rings. The Morgan fingerprint density at radius 1 is 1.13 bits per heavy atom. The molecule has 0 bridgehead atoms. The molecular formula is C17H23N3O3. The standard InChI is InChI=1S/C17H23N3O3/c1-23-15-12-14(4-7-18-15)17(22)20-10-5-13(6-11-20)16(21)19-8-2-3-9-19/h4,7,12-13H,2-3,5-6,8-11H2,1H3. The molecular weight excluding hydrogens is 294 g/mol. The van der Waals surface area contributed by atoms with Crippen molar-refractivity contribution >= 4 is 11.8 Å². The second-order valence-corrected chi connectivity index (χ2v) is 6.19. The molecule has 6 heteroatoms. The number of amides is 2. The number of hydrogen-bond acceptors (Lipinski definition) is 4. The molecule has 0 spiro atoms. The molecule has 2 aliphatic rings. The summed E-state index contributed by atoms with van der Waals surface area (Å²) in [6.07, 6.45) is 5.32. The zero-order chi connectivity index (χ0) is 16.2. The zero-order valence-corrected chi connectivity index (χ0v) is 13.5. The molecule has 0 radical (unpaired) electrons. The number of likely N-dealkylation sites (tertiary alicyclic amines) is 2. The quantitative estimate of drug-likeness (QED) is 0.849. The summed E-state index contributed by atoms with van der Waals surface area (Å²) in [6.45, 7) is 3.06. The van der Waals surface area contributed by atoms with E-state index in [-0.39, 0.29) is 17.7 Å². The van der Waals surface area contributed by atoms with E-state index in [4.69, 9.17) is 4.74 Å². The third kappa shape index (κ3) is 3.46. The largest absolute Gasteiger partial charge is 0.481 e. The summed E-state index contributed by atoms with van der Waals surface area (Å²) in [6, 6.07) is 3.36. The Bertz CT molecular complexity index is 576. The van der Waals surface area contributed by atoms with Gasteiger partial charge >= 0.3 is 0 Å². The van der Waals surface area contributed by atoms with Crippen molar-refractivity contribution in [1.29, 1.82) is 0 Å². The van der Waals surface area contributed by atoms with Crippen molar-refractivity contribution in [2.75, 3.05) is 33.3 Å². The molecule has 1 aromatic heterocycles. The SMILES string of the molecule is COc1cc(C(=O)N2CCC(C(=O)N3CCCC3)CC2)ccn1. The van der Waals surface area contributed by atoms with Crippen LogP contribution in [0, 0.1) is 5.92 Å². The van der Waals surface area contributed by atoms with Gasteiger partial charge in [0.2, 0.25) is 11.8 Å². The lowest BCUT2D eigenvalue weighted by molar-refractivity contribution is -0.135. The number of hydrogen-bond donors (Lipinski definition) is 0. The van der Waals surface area contributed by atoms with Gasteiger partial charge in [-0.2, -0.15) is 0 Å². The second kappa shape index (κ2) is 6.98. The third-order valence-electron chi connectivity index (χ3n) is 4.74. The molecule has 23 heavy (non-hydrogen) atoms. The van der Waals surface area contributed by atoms with E-state index in [2.05, 4.69) is 4.98 Å². The lowest BCUT2D eigenvalue weighted by Gasteiger charge is -2.33. The first kappa shape index (κ1) is 15.8. The van der Waals surface area contributed by atoms with Crippen molar-refractivity contribution in [3.05, 3.63) is 23.9 Å². The zero-order valence-electron chi connectivity index (χ0n) is 13.5. The summed E-state index contributed by atoms with van der Waals surface area (Å²) in [4.78, 5) is 32.8. The van der Waals surface area contributed by atoms with E-state index in [9.17, 15) is 9.59 Å². The Labute approximate surface area is 136 Å². The van der Waals surface area contributed by atoms with Crippen LogP contribution in [0.4, 0.5) is 0 Å². The minimum absolute atomic E-state index is 0.0160. The van der Waals surface area contributed by atoms with Crippen LogP contribution in [0.25, 0.3) is 0 Å². The van der Waals surface area contributed by atoms with Crippen LogP contribution in [-0.2, 0) is 4.79 Å². The van der Waals surface area contributed by atoms with Crippen molar-refractivity contribution in [3.63, 3.8) is 0 Å². The molecule has 3 rings (SSSR count). The first-order valence-electron chi connectivity index (χ1n) is 8.27. The number of nitrogens with zero attached hydrogens (tertiary/aromatic N) is 3. The number of ether oxygens (including phenoxy) is 1. The van der Waals surface area contributed by atoms with Crippen LogP contribution in [0.1, 0.15) is 36.0 Å². The van der Waals surface area contributed by atoms with Gasteiger partial charge in [-0.25, -0.2) is 4.98 Å². The fraction of sp³-hybridized carbons (Fsp3) is 0.588. The van der Waals surface area contributed by atoms with E-state index in [1.165, 1.54) is 7.11 Å². The van der Waals surface area contributed by atoms with E-state index >= 15 is 0 Å². The number of pyridine rings is 1. The van der Waals surface area contributed by atoms with Gasteiger partial charge < -0.3 is 14.5 Å². The molecule has 124 valence electrons. The van der Waals surface area contributed by atoms with Crippen LogP contribution >= 0.6 is 0 Å². The highest BCUT2D eigenvalue weighted by molar-refractivity contribution is 5.94. The van der Waals surface area contributed by atoms with Crippen LogP contribution in [-0.4, -0.2) is 59.9 Å². The van der Waals surface area contributed by atoms with Crippen LogP contribution < -0.4 is 4.74 Å². The lowest BCUT2D eigenvalue weighted by atomic mass is 9.95. The molecule has 2 amide bonds. The molecule has 2 saturated heterocycles. The van der Waals surface area contributed by atoms with Gasteiger partial charge in [-0.15, -0.1) is 0 Å². The molecule has 0 atom stereocenters. The maximum atomic E-state index is 12.5. The van der Waals surface area contributed by atoms with Gasteiger partial charge in [0.05, 0.1) is 7.11 Å². The number of piperidine rings is 1. The summed E-state index contributed by atoms with van der Waals surface area (Å²) in [5, 5.41) is 0. The predicted octanol–water partition coefficient (Wildman–Crippen LogP) is 1.56. The Balaban J connectivity index is 1.57. The van der Waals surface area contributed by atoms with Gasteiger partial charge in [-0.05, 0) is 31.7 Å². The van der Waals surface area contributed by atoms with E-state index in [0.29, 0.717) is 24.5 Å². The van der Waals surface area contributed by atoms with Crippen molar-refractivity contribution in [3.8, 4) is 5.88 Å². The smallest absolute Gasteiger partial charge is 0.254 e. The molecule has 0 unspecified atom stereocenters. The summed E-state index contributed by atoms with van der Waals surface area (Å²) in [7, 11) is 1.53. The number of aromatic nitrogens is 1. The van der Waals surface area contributed by atoms with E-state index in [0.717, 1.165) is 38.8 Å². The van der Waals surface area contributed by atoms with Crippen molar-refractivity contribution < 1.29 is 14.3 Å². The first-order chi connectivity index (χ1) is 11.2. The minimum Gasteiger partial charge on any atom is -0.481 e. The fourth-order valence-corrected chi connectivity index (χ4v) is 3.36.